The van der Waals surface area contributed by atoms with Crippen LogP contribution < -0.4 is 4.98 Å². The number of H-pyrrole nitrogens is 2. The Bertz CT molecular complexity index is 348. The quantitative estimate of drug-likeness (QED) is 0.708. The third-order valence-corrected chi connectivity index (χ3v) is 1.79. The largest absolute Gasteiger partial charge is 0.372 e. The fourth-order valence-corrected chi connectivity index (χ4v) is 1.27. The molecule has 2 rings (SSSR count). The smallest absolute Gasteiger partial charge is 0.279 e. The lowest BCUT2D eigenvalue weighted by Gasteiger charge is -1.83. The number of hydrogen-bond acceptors (Lipinski definition) is 1. The van der Waals surface area contributed by atoms with E-state index in [2.05, 4.69) is 9.97 Å². The van der Waals surface area contributed by atoms with Gasteiger partial charge in [0.2, 0.25) is 0 Å². The predicted octanol–water partition coefficient (Wildman–Crippen LogP) is 1.13. The van der Waals surface area contributed by atoms with Gasteiger partial charge in [0, 0.05) is 7.11 Å². The molecule has 3 nitrogen and oxygen atoms in total. The number of para-hydroxylation sites is 2. The molecular weight excluding hydrogens is 152 g/mol. The summed E-state index contributed by atoms with van der Waals surface area (Å²) in [5.41, 5.74) is 2.23. The third kappa shape index (κ3) is 1.19. The van der Waals surface area contributed by atoms with Crippen LogP contribution in [-0.2, 0) is 11.3 Å². The lowest BCUT2D eigenvalue weighted by Crippen LogP contribution is -2.07. The molecule has 0 bridgehead atoms. The summed E-state index contributed by atoms with van der Waals surface area (Å²) in [7, 11) is 1.68. The summed E-state index contributed by atoms with van der Waals surface area (Å²) in [6.07, 6.45) is 0. The van der Waals surface area contributed by atoms with Crippen LogP contribution in [0.4, 0.5) is 0 Å². The second-order valence-electron chi connectivity index (χ2n) is 2.71. The van der Waals surface area contributed by atoms with E-state index in [0.29, 0.717) is 6.61 Å². The van der Waals surface area contributed by atoms with Crippen LogP contribution in [0.25, 0.3) is 11.0 Å². The molecule has 1 aromatic heterocycles. The van der Waals surface area contributed by atoms with Gasteiger partial charge in [0.05, 0.1) is 0 Å². The molecule has 3 heteroatoms. The van der Waals surface area contributed by atoms with Gasteiger partial charge in [-0.3, -0.25) is 0 Å². The van der Waals surface area contributed by atoms with E-state index in [9.17, 15) is 0 Å². The highest BCUT2D eigenvalue weighted by molar-refractivity contribution is 5.70. The SMILES string of the molecule is COCc1[nH]c2ccccc2[nH+]1. The molecule has 1 aromatic carbocycles. The van der Waals surface area contributed by atoms with Crippen molar-refractivity contribution < 1.29 is 9.72 Å². The van der Waals surface area contributed by atoms with E-state index >= 15 is 0 Å². The molecule has 2 N–H and O–H groups in total. The number of hydrogen-bond donors (Lipinski definition) is 1. The molecule has 0 unspecified atom stereocenters. The molecule has 0 fully saturated rings. The maximum Gasteiger partial charge on any atom is 0.279 e. The summed E-state index contributed by atoms with van der Waals surface area (Å²) in [5, 5.41) is 0. The first-order valence-corrected chi connectivity index (χ1v) is 3.88. The Labute approximate surface area is 70.4 Å². The van der Waals surface area contributed by atoms with Crippen molar-refractivity contribution in [1.82, 2.24) is 4.98 Å². The topological polar surface area (TPSA) is 39.2 Å². The fraction of sp³-hybridized carbons (Fsp3) is 0.222. The maximum atomic E-state index is 4.99. The molecule has 12 heavy (non-hydrogen) atoms. The van der Waals surface area contributed by atoms with Gasteiger partial charge in [-0.15, -0.1) is 0 Å². The molecule has 0 saturated carbocycles. The zero-order valence-corrected chi connectivity index (χ0v) is 6.92. The van der Waals surface area contributed by atoms with E-state index in [1.807, 2.05) is 24.3 Å². The van der Waals surface area contributed by atoms with E-state index in [1.165, 1.54) is 0 Å². The van der Waals surface area contributed by atoms with Crippen LogP contribution in [0.1, 0.15) is 5.82 Å². The Balaban J connectivity index is 2.47. The molecule has 0 radical (unpaired) electrons. The number of methoxy groups -OCH3 is 1. The molecule has 2 aromatic rings. The molecule has 1 heterocycles. The van der Waals surface area contributed by atoms with Gasteiger partial charge in [0.15, 0.2) is 11.0 Å². The molecule has 0 aliphatic heterocycles. The van der Waals surface area contributed by atoms with Gasteiger partial charge in [0.1, 0.15) is 6.61 Å². The van der Waals surface area contributed by atoms with Gasteiger partial charge in [0.25, 0.3) is 5.82 Å². The van der Waals surface area contributed by atoms with Gasteiger partial charge in [-0.1, -0.05) is 12.1 Å². The Hall–Kier alpha value is -1.35. The molecule has 0 saturated heterocycles. The van der Waals surface area contributed by atoms with Crippen molar-refractivity contribution in [1.29, 1.82) is 0 Å². The number of fused-ring (bicyclic) bond motifs is 1. The minimum atomic E-state index is 0.592. The fourth-order valence-electron chi connectivity index (χ4n) is 1.27. The maximum absolute atomic E-state index is 4.99. The van der Waals surface area contributed by atoms with Crippen LogP contribution in [0.5, 0.6) is 0 Å². The number of benzene rings is 1. The number of imidazole rings is 1. The number of rotatable bonds is 2. The molecule has 62 valence electrons. The summed E-state index contributed by atoms with van der Waals surface area (Å²) in [4.78, 5) is 6.43. The lowest BCUT2D eigenvalue weighted by molar-refractivity contribution is -0.363. The summed E-state index contributed by atoms with van der Waals surface area (Å²) < 4.78 is 4.99. The second kappa shape index (κ2) is 2.95. The zero-order valence-electron chi connectivity index (χ0n) is 6.92. The molecule has 0 aliphatic rings. The van der Waals surface area contributed by atoms with E-state index in [1.54, 1.807) is 7.11 Å². The van der Waals surface area contributed by atoms with Crippen LogP contribution in [0.15, 0.2) is 24.3 Å². The van der Waals surface area contributed by atoms with E-state index in [0.717, 1.165) is 16.9 Å². The number of aromatic nitrogens is 2. The monoisotopic (exact) mass is 163 g/mol. The van der Waals surface area contributed by atoms with Crippen molar-refractivity contribution in [2.75, 3.05) is 7.11 Å². The molecule has 0 amide bonds. The van der Waals surface area contributed by atoms with Crippen molar-refractivity contribution in [3.05, 3.63) is 30.1 Å². The first-order valence-electron chi connectivity index (χ1n) is 3.88. The normalized spacial score (nSPS) is 10.8. The van der Waals surface area contributed by atoms with Crippen molar-refractivity contribution in [3.8, 4) is 0 Å². The van der Waals surface area contributed by atoms with Crippen LogP contribution in [-0.4, -0.2) is 12.1 Å². The Morgan fingerprint density at radius 2 is 2.25 bits per heavy atom. The Morgan fingerprint density at radius 1 is 1.42 bits per heavy atom. The van der Waals surface area contributed by atoms with Gasteiger partial charge in [-0.05, 0) is 12.1 Å². The first kappa shape index (κ1) is 7.31. The minimum Gasteiger partial charge on any atom is -0.372 e. The van der Waals surface area contributed by atoms with Crippen LogP contribution in [0.2, 0.25) is 0 Å². The molecule has 0 atom stereocenters. The predicted molar refractivity (Wildman–Crippen MR) is 45.6 cm³/mol. The summed E-state index contributed by atoms with van der Waals surface area (Å²) >= 11 is 0. The van der Waals surface area contributed by atoms with Crippen LogP contribution in [0, 0.1) is 0 Å². The zero-order chi connectivity index (χ0) is 8.39. The van der Waals surface area contributed by atoms with Gasteiger partial charge in [-0.2, -0.15) is 0 Å². The minimum absolute atomic E-state index is 0.592. The molecular formula is C9H11N2O+. The first-order chi connectivity index (χ1) is 5.90. The van der Waals surface area contributed by atoms with Gasteiger partial charge < -0.3 is 4.74 Å². The highest BCUT2D eigenvalue weighted by Gasteiger charge is 2.06. The van der Waals surface area contributed by atoms with E-state index in [-0.39, 0.29) is 0 Å². The summed E-state index contributed by atoms with van der Waals surface area (Å²) in [6, 6.07) is 8.07. The van der Waals surface area contributed by atoms with Crippen molar-refractivity contribution in [2.45, 2.75) is 6.61 Å². The average Bonchev–Trinajstić information content (AvgIpc) is 2.47. The van der Waals surface area contributed by atoms with Crippen LogP contribution >= 0.6 is 0 Å². The lowest BCUT2D eigenvalue weighted by atomic mass is 10.3. The Morgan fingerprint density at radius 3 is 3.00 bits per heavy atom. The average molecular weight is 163 g/mol. The summed E-state index contributed by atoms with van der Waals surface area (Å²) in [6.45, 7) is 0.592. The Kier molecular flexibility index (Phi) is 1.80. The molecule has 0 aliphatic carbocycles. The van der Waals surface area contributed by atoms with Crippen LogP contribution in [0.3, 0.4) is 0 Å². The van der Waals surface area contributed by atoms with E-state index < -0.39 is 0 Å². The number of nitrogens with one attached hydrogen (secondary N) is 2. The van der Waals surface area contributed by atoms with E-state index in [4.69, 9.17) is 4.74 Å². The summed E-state index contributed by atoms with van der Waals surface area (Å²) in [5.74, 6) is 0.999. The van der Waals surface area contributed by atoms with Crippen molar-refractivity contribution in [2.24, 2.45) is 0 Å². The van der Waals surface area contributed by atoms with Crippen molar-refractivity contribution in [3.63, 3.8) is 0 Å². The van der Waals surface area contributed by atoms with Gasteiger partial charge >= 0.3 is 0 Å². The standard InChI is InChI=1S/C9H10N2O/c1-12-6-9-10-7-4-2-3-5-8(7)11-9/h2-5H,6H2,1H3,(H,10,11)/p+1. The van der Waals surface area contributed by atoms with Gasteiger partial charge in [-0.25, -0.2) is 9.97 Å². The van der Waals surface area contributed by atoms with Crippen molar-refractivity contribution >= 4 is 11.0 Å². The third-order valence-electron chi connectivity index (χ3n) is 1.79. The highest BCUT2D eigenvalue weighted by atomic mass is 16.5. The highest BCUT2D eigenvalue weighted by Crippen LogP contribution is 2.05. The second-order valence-corrected chi connectivity index (χ2v) is 2.71. The number of ether oxygens (including phenoxy) is 1. The molecule has 0 spiro atoms. The number of aromatic amines is 2.